The molecule has 0 spiro atoms. The number of aliphatic carboxylic acids is 2. The Morgan fingerprint density at radius 3 is 1.77 bits per heavy atom. The van der Waals surface area contributed by atoms with Crippen LogP contribution in [0.3, 0.4) is 0 Å². The predicted molar refractivity (Wildman–Crippen MR) is 83.9 cm³/mol. The average molecular weight is 312 g/mol. The van der Waals surface area contributed by atoms with Gasteiger partial charge in [-0.25, -0.2) is 0 Å². The maximum atomic E-state index is 11.6. The summed E-state index contributed by atoms with van der Waals surface area (Å²) in [6.45, 7) is 4.07. The summed E-state index contributed by atoms with van der Waals surface area (Å²) in [5.41, 5.74) is 1.44. The number of rotatable bonds is 12. The molecule has 0 saturated heterocycles. The molecule has 0 atom stereocenters. The third-order valence-electron chi connectivity index (χ3n) is 2.92. The van der Waals surface area contributed by atoms with Crippen LogP contribution in [-0.2, 0) is 14.4 Å². The quantitative estimate of drug-likeness (QED) is 0.422. The van der Waals surface area contributed by atoms with Gasteiger partial charge in [-0.2, -0.15) is 0 Å². The molecule has 0 saturated carbocycles. The molecule has 0 aromatic rings. The molecule has 0 aliphatic rings. The van der Waals surface area contributed by atoms with Crippen molar-refractivity contribution in [2.45, 2.75) is 52.4 Å². The Kier molecular flexibility index (Phi) is 10.5. The molecule has 0 fully saturated rings. The van der Waals surface area contributed by atoms with Crippen LogP contribution in [0.5, 0.6) is 0 Å². The highest BCUT2D eigenvalue weighted by Crippen LogP contribution is 1.98. The zero-order valence-electron chi connectivity index (χ0n) is 13.2. The van der Waals surface area contributed by atoms with E-state index in [1.807, 2.05) is 0 Å². The molecule has 22 heavy (non-hydrogen) atoms. The van der Waals surface area contributed by atoms with Crippen LogP contribution in [0.2, 0.25) is 0 Å². The summed E-state index contributed by atoms with van der Waals surface area (Å²) in [6.07, 6.45) is 1.84. The van der Waals surface area contributed by atoms with Gasteiger partial charge >= 0.3 is 11.9 Å². The first-order valence-electron chi connectivity index (χ1n) is 7.26. The van der Waals surface area contributed by atoms with Gasteiger partial charge in [0, 0.05) is 24.4 Å². The van der Waals surface area contributed by atoms with Crippen LogP contribution >= 0.6 is 0 Å². The molecule has 0 aromatic carbocycles. The van der Waals surface area contributed by atoms with Gasteiger partial charge < -0.3 is 10.2 Å². The van der Waals surface area contributed by atoms with Crippen LogP contribution in [0, 0.1) is 0 Å². The Labute approximate surface area is 130 Å². The first-order chi connectivity index (χ1) is 10.3. The minimum atomic E-state index is -0.878. The lowest BCUT2D eigenvalue weighted by atomic mass is 10.2. The smallest absolute Gasteiger partial charge is 0.303 e. The molecule has 0 aliphatic carbocycles. The number of hydrogen-bond donors (Lipinski definition) is 2. The van der Waals surface area contributed by atoms with Crippen molar-refractivity contribution in [1.29, 1.82) is 0 Å². The van der Waals surface area contributed by atoms with Gasteiger partial charge in [-0.3, -0.25) is 24.4 Å². The minimum Gasteiger partial charge on any atom is -0.481 e. The molecule has 0 heterocycles. The van der Waals surface area contributed by atoms with E-state index in [1.54, 1.807) is 13.8 Å². The molecule has 0 aliphatic heterocycles. The second-order valence-electron chi connectivity index (χ2n) is 5.10. The standard InChI is InChI=1S/C15H24N2O5/c1-11(5-7-14(19)20)16-9-3-4-13(18)10-17-12(2)6-8-15(21)22/h3-10H2,1-2H3,(H,19,20)(H,21,22). The number of nitrogens with zero attached hydrogens (tertiary/aromatic N) is 2. The van der Waals surface area contributed by atoms with E-state index in [-0.39, 0.29) is 25.2 Å². The van der Waals surface area contributed by atoms with Crippen LogP contribution < -0.4 is 0 Å². The van der Waals surface area contributed by atoms with Gasteiger partial charge in [0.15, 0.2) is 5.78 Å². The van der Waals surface area contributed by atoms with Gasteiger partial charge in [0.2, 0.25) is 0 Å². The molecule has 0 amide bonds. The minimum absolute atomic E-state index is 0.00642. The lowest BCUT2D eigenvalue weighted by Gasteiger charge is -2.00. The van der Waals surface area contributed by atoms with Gasteiger partial charge in [0.25, 0.3) is 0 Å². The fourth-order valence-corrected chi connectivity index (χ4v) is 1.58. The first kappa shape index (κ1) is 19.9. The van der Waals surface area contributed by atoms with E-state index in [9.17, 15) is 14.4 Å². The highest BCUT2D eigenvalue weighted by atomic mass is 16.4. The van der Waals surface area contributed by atoms with Crippen molar-refractivity contribution in [3.05, 3.63) is 0 Å². The summed E-state index contributed by atoms with van der Waals surface area (Å²) >= 11 is 0. The Balaban J connectivity index is 3.85. The van der Waals surface area contributed by atoms with Crippen LogP contribution in [0.25, 0.3) is 0 Å². The van der Waals surface area contributed by atoms with E-state index in [0.29, 0.717) is 37.9 Å². The van der Waals surface area contributed by atoms with Crippen LogP contribution in [0.4, 0.5) is 0 Å². The topological polar surface area (TPSA) is 116 Å². The van der Waals surface area contributed by atoms with E-state index in [4.69, 9.17) is 10.2 Å². The lowest BCUT2D eigenvalue weighted by Crippen LogP contribution is -2.07. The monoisotopic (exact) mass is 312 g/mol. The number of ketones is 1. The fourth-order valence-electron chi connectivity index (χ4n) is 1.58. The molecule has 124 valence electrons. The molecule has 0 aromatic heterocycles. The van der Waals surface area contributed by atoms with Crippen LogP contribution in [0.15, 0.2) is 9.98 Å². The van der Waals surface area contributed by atoms with Crippen molar-refractivity contribution in [3.63, 3.8) is 0 Å². The maximum Gasteiger partial charge on any atom is 0.303 e. The molecule has 0 unspecified atom stereocenters. The highest BCUT2D eigenvalue weighted by molar-refractivity contribution is 5.88. The molecular formula is C15H24N2O5. The van der Waals surface area contributed by atoms with E-state index >= 15 is 0 Å². The van der Waals surface area contributed by atoms with Gasteiger partial charge in [-0.1, -0.05) is 0 Å². The summed E-state index contributed by atoms with van der Waals surface area (Å²) < 4.78 is 0. The number of Topliss-reactive ketones (excluding diaryl/α,β-unsaturated/α-hetero) is 1. The fraction of sp³-hybridized carbons (Fsp3) is 0.667. The Morgan fingerprint density at radius 1 is 0.773 bits per heavy atom. The number of aliphatic imine (C=N–C) groups is 2. The zero-order valence-corrected chi connectivity index (χ0v) is 13.2. The SMILES string of the molecule is CC(CCC(=O)O)=NCCCC(=O)CN=C(C)CCC(=O)O. The van der Waals surface area contributed by atoms with Crippen molar-refractivity contribution in [3.8, 4) is 0 Å². The second kappa shape index (κ2) is 11.6. The highest BCUT2D eigenvalue weighted by Gasteiger charge is 2.03. The van der Waals surface area contributed by atoms with E-state index in [0.717, 1.165) is 5.71 Å². The number of carboxylic acids is 2. The van der Waals surface area contributed by atoms with Gasteiger partial charge in [0.05, 0.1) is 19.4 Å². The number of hydrogen-bond acceptors (Lipinski definition) is 5. The molecule has 0 radical (unpaired) electrons. The molecule has 0 rings (SSSR count). The molecular weight excluding hydrogens is 288 g/mol. The van der Waals surface area contributed by atoms with Crippen molar-refractivity contribution >= 4 is 29.1 Å². The van der Waals surface area contributed by atoms with E-state index in [2.05, 4.69) is 9.98 Å². The second-order valence-corrected chi connectivity index (χ2v) is 5.10. The van der Waals surface area contributed by atoms with Crippen LogP contribution in [0.1, 0.15) is 52.4 Å². The summed E-state index contributed by atoms with van der Waals surface area (Å²) in [4.78, 5) is 40.6. The number of carbonyl (C=O) groups is 3. The van der Waals surface area contributed by atoms with Gasteiger partial charge in [0.1, 0.15) is 0 Å². The third kappa shape index (κ3) is 13.0. The van der Waals surface area contributed by atoms with E-state index < -0.39 is 11.9 Å². The molecule has 2 N–H and O–H groups in total. The number of carboxylic acid groups (broad SMARTS) is 2. The number of carbonyl (C=O) groups excluding carboxylic acids is 1. The Bertz CT molecular complexity index is 455. The van der Waals surface area contributed by atoms with Gasteiger partial charge in [-0.05, 0) is 33.1 Å². The zero-order chi connectivity index (χ0) is 17.0. The maximum absolute atomic E-state index is 11.6. The largest absolute Gasteiger partial charge is 0.481 e. The molecule has 0 bridgehead atoms. The Hall–Kier alpha value is -2.05. The van der Waals surface area contributed by atoms with Crippen molar-refractivity contribution in [1.82, 2.24) is 0 Å². The molecule has 7 nitrogen and oxygen atoms in total. The van der Waals surface area contributed by atoms with Crippen molar-refractivity contribution in [2.24, 2.45) is 9.98 Å². The van der Waals surface area contributed by atoms with Gasteiger partial charge in [-0.15, -0.1) is 0 Å². The summed E-state index contributed by atoms with van der Waals surface area (Å²) in [5.74, 6) is -1.73. The molecule has 7 heteroatoms. The Morgan fingerprint density at radius 2 is 1.27 bits per heavy atom. The first-order valence-corrected chi connectivity index (χ1v) is 7.26. The predicted octanol–water partition coefficient (Wildman–Crippen LogP) is 1.99. The van der Waals surface area contributed by atoms with Crippen LogP contribution in [-0.4, -0.2) is 52.4 Å². The van der Waals surface area contributed by atoms with Crippen molar-refractivity contribution in [2.75, 3.05) is 13.1 Å². The average Bonchev–Trinajstić information content (AvgIpc) is 2.45. The third-order valence-corrected chi connectivity index (χ3v) is 2.92. The summed E-state index contributed by atoms with van der Waals surface area (Å²) in [6, 6.07) is 0. The van der Waals surface area contributed by atoms with Crippen molar-refractivity contribution < 1.29 is 24.6 Å². The summed E-state index contributed by atoms with van der Waals surface area (Å²) in [7, 11) is 0. The van der Waals surface area contributed by atoms with E-state index in [1.165, 1.54) is 0 Å². The lowest BCUT2D eigenvalue weighted by molar-refractivity contribution is -0.137. The summed E-state index contributed by atoms with van der Waals surface area (Å²) in [5, 5.41) is 17.1. The normalized spacial score (nSPS) is 12.3.